The predicted octanol–water partition coefficient (Wildman–Crippen LogP) is 3.57. The smallest absolute Gasteiger partial charge is 0.244 e. The second-order valence-electron chi connectivity index (χ2n) is 7.20. The van der Waals surface area contributed by atoms with E-state index >= 15 is 0 Å². The molecule has 2 aliphatic rings. The van der Waals surface area contributed by atoms with E-state index in [2.05, 4.69) is 21.1 Å². The summed E-state index contributed by atoms with van der Waals surface area (Å²) in [6, 6.07) is 4.92. The van der Waals surface area contributed by atoms with Gasteiger partial charge in [-0.2, -0.15) is 4.31 Å². The van der Waals surface area contributed by atoms with Gasteiger partial charge in [-0.15, -0.1) is 0 Å². The molecule has 0 spiro atoms. The van der Waals surface area contributed by atoms with Crippen molar-refractivity contribution >= 4 is 37.5 Å². The molecule has 0 N–H and O–H groups in total. The molecular formula is C19H22BrN3O4S. The lowest BCUT2D eigenvalue weighted by atomic mass is 10.1. The van der Waals surface area contributed by atoms with Crippen molar-refractivity contribution in [3.8, 4) is 0 Å². The fourth-order valence-corrected chi connectivity index (χ4v) is 6.77. The van der Waals surface area contributed by atoms with Gasteiger partial charge in [-0.25, -0.2) is 8.42 Å². The lowest BCUT2D eigenvalue weighted by Crippen LogP contribution is -2.31. The predicted molar refractivity (Wildman–Crippen MR) is 108 cm³/mol. The van der Waals surface area contributed by atoms with Crippen molar-refractivity contribution in [1.82, 2.24) is 9.46 Å². The highest BCUT2D eigenvalue weighted by Gasteiger charge is 2.39. The second-order valence-corrected chi connectivity index (χ2v) is 9.91. The number of amides is 1. The number of rotatable bonds is 4. The van der Waals surface area contributed by atoms with Crippen LogP contribution in [0.25, 0.3) is 0 Å². The third-order valence-electron chi connectivity index (χ3n) is 5.41. The summed E-state index contributed by atoms with van der Waals surface area (Å²) in [4.78, 5) is 14.1. The SMILES string of the molecule is CCC(=O)N1CCc2cc(Br)c(S(=O)(=O)N3CCC[C@H]3c3cc(C)on3)cc21. The highest BCUT2D eigenvalue weighted by atomic mass is 79.9. The number of carbonyl (C=O) groups is 1. The van der Waals surface area contributed by atoms with Crippen LogP contribution in [-0.4, -0.2) is 36.9 Å². The highest BCUT2D eigenvalue weighted by Crippen LogP contribution is 2.41. The van der Waals surface area contributed by atoms with Crippen molar-refractivity contribution in [2.75, 3.05) is 18.0 Å². The number of nitrogens with zero attached hydrogens (tertiary/aromatic N) is 3. The van der Waals surface area contributed by atoms with Gasteiger partial charge in [0, 0.05) is 35.7 Å². The molecule has 1 atom stereocenters. The van der Waals surface area contributed by atoms with E-state index in [-0.39, 0.29) is 16.8 Å². The van der Waals surface area contributed by atoms with Crippen molar-refractivity contribution in [3.05, 3.63) is 39.7 Å². The first-order valence-electron chi connectivity index (χ1n) is 9.40. The number of halogens is 1. The molecule has 4 rings (SSSR count). The number of aryl methyl sites for hydroxylation is 1. The lowest BCUT2D eigenvalue weighted by Gasteiger charge is -2.24. The summed E-state index contributed by atoms with van der Waals surface area (Å²) >= 11 is 3.44. The van der Waals surface area contributed by atoms with Crippen LogP contribution in [0.1, 0.15) is 49.2 Å². The Labute approximate surface area is 172 Å². The molecule has 1 aromatic heterocycles. The van der Waals surface area contributed by atoms with Gasteiger partial charge < -0.3 is 9.42 Å². The van der Waals surface area contributed by atoms with Crippen LogP contribution in [0.5, 0.6) is 0 Å². The van der Waals surface area contributed by atoms with E-state index in [4.69, 9.17) is 4.52 Å². The average molecular weight is 468 g/mol. The van der Waals surface area contributed by atoms with Gasteiger partial charge in [-0.3, -0.25) is 4.79 Å². The lowest BCUT2D eigenvalue weighted by molar-refractivity contribution is -0.118. The molecule has 0 bridgehead atoms. The fourth-order valence-electron chi connectivity index (χ4n) is 4.03. The van der Waals surface area contributed by atoms with E-state index in [0.29, 0.717) is 47.5 Å². The minimum absolute atomic E-state index is 0.00143. The van der Waals surface area contributed by atoms with Crippen molar-refractivity contribution in [2.24, 2.45) is 0 Å². The van der Waals surface area contributed by atoms with Crippen LogP contribution >= 0.6 is 15.9 Å². The Morgan fingerprint density at radius 2 is 2.11 bits per heavy atom. The van der Waals surface area contributed by atoms with Gasteiger partial charge in [-0.05, 0) is 59.8 Å². The molecule has 1 amide bonds. The number of sulfonamides is 1. The molecule has 28 heavy (non-hydrogen) atoms. The zero-order valence-electron chi connectivity index (χ0n) is 15.8. The molecular weight excluding hydrogens is 446 g/mol. The topological polar surface area (TPSA) is 83.7 Å². The van der Waals surface area contributed by atoms with Gasteiger partial charge in [-0.1, -0.05) is 12.1 Å². The quantitative estimate of drug-likeness (QED) is 0.685. The number of carbonyl (C=O) groups excluding carboxylic acids is 1. The number of aromatic nitrogens is 1. The molecule has 0 radical (unpaired) electrons. The molecule has 150 valence electrons. The van der Waals surface area contributed by atoms with E-state index in [0.717, 1.165) is 18.4 Å². The standard InChI is InChI=1S/C19H22BrN3O4S/c1-3-19(24)22-8-6-13-10-14(20)18(11-17(13)22)28(25,26)23-7-4-5-16(23)15-9-12(2)27-21-15/h9-11,16H,3-8H2,1-2H3/t16-/m0/s1. The van der Waals surface area contributed by atoms with Crippen molar-refractivity contribution in [3.63, 3.8) is 0 Å². The Balaban J connectivity index is 1.74. The van der Waals surface area contributed by atoms with Gasteiger partial charge in [0.2, 0.25) is 15.9 Å². The van der Waals surface area contributed by atoms with Crippen LogP contribution in [0.3, 0.4) is 0 Å². The van der Waals surface area contributed by atoms with Crippen LogP contribution in [0.2, 0.25) is 0 Å². The summed E-state index contributed by atoms with van der Waals surface area (Å²) in [5.41, 5.74) is 2.32. The molecule has 2 aliphatic heterocycles. The first-order chi connectivity index (χ1) is 13.3. The largest absolute Gasteiger partial charge is 0.361 e. The summed E-state index contributed by atoms with van der Waals surface area (Å²) in [5, 5.41) is 4.04. The molecule has 1 fully saturated rings. The molecule has 1 aromatic carbocycles. The molecule has 7 nitrogen and oxygen atoms in total. The molecule has 9 heteroatoms. The first-order valence-corrected chi connectivity index (χ1v) is 11.6. The summed E-state index contributed by atoms with van der Waals surface area (Å²) in [5.74, 6) is 0.660. The number of anilines is 1. The minimum atomic E-state index is -3.77. The van der Waals surface area contributed by atoms with Crippen LogP contribution in [0, 0.1) is 6.92 Å². The second kappa shape index (κ2) is 7.27. The normalized spacial score (nSPS) is 20.0. The van der Waals surface area contributed by atoms with E-state index in [1.807, 2.05) is 13.0 Å². The molecule has 1 saturated heterocycles. The Kier molecular flexibility index (Phi) is 5.09. The highest BCUT2D eigenvalue weighted by molar-refractivity contribution is 9.10. The van der Waals surface area contributed by atoms with Gasteiger partial charge in [0.05, 0.1) is 10.9 Å². The van der Waals surface area contributed by atoms with Gasteiger partial charge in [0.15, 0.2) is 0 Å². The zero-order valence-corrected chi connectivity index (χ0v) is 18.2. The Hall–Kier alpha value is -1.71. The average Bonchev–Trinajstić information content (AvgIpc) is 3.38. The van der Waals surface area contributed by atoms with Crippen LogP contribution in [0.15, 0.2) is 32.1 Å². The summed E-state index contributed by atoms with van der Waals surface area (Å²) in [6.07, 6.45) is 2.58. The third-order valence-corrected chi connectivity index (χ3v) is 8.28. The molecule has 0 saturated carbocycles. The van der Waals surface area contributed by atoms with Crippen LogP contribution < -0.4 is 4.90 Å². The van der Waals surface area contributed by atoms with E-state index in [1.54, 1.807) is 24.0 Å². The summed E-state index contributed by atoms with van der Waals surface area (Å²) in [7, 11) is -3.77. The number of fused-ring (bicyclic) bond motifs is 1. The minimum Gasteiger partial charge on any atom is -0.361 e. The molecule has 3 heterocycles. The molecule has 2 aromatic rings. The first kappa shape index (κ1) is 19.6. The number of hydrogen-bond acceptors (Lipinski definition) is 5. The maximum absolute atomic E-state index is 13.5. The van der Waals surface area contributed by atoms with Crippen LogP contribution in [-0.2, 0) is 21.2 Å². The number of benzene rings is 1. The fraction of sp³-hybridized carbons (Fsp3) is 0.474. The van der Waals surface area contributed by atoms with Gasteiger partial charge in [0.25, 0.3) is 0 Å². The molecule has 0 unspecified atom stereocenters. The maximum Gasteiger partial charge on any atom is 0.244 e. The Morgan fingerprint density at radius 1 is 1.32 bits per heavy atom. The third kappa shape index (κ3) is 3.19. The summed E-state index contributed by atoms with van der Waals surface area (Å²) in [6.45, 7) is 4.62. The van der Waals surface area contributed by atoms with E-state index < -0.39 is 10.0 Å². The van der Waals surface area contributed by atoms with E-state index in [1.165, 1.54) is 4.31 Å². The monoisotopic (exact) mass is 467 g/mol. The maximum atomic E-state index is 13.5. The Bertz CT molecular complexity index is 1030. The molecule has 0 aliphatic carbocycles. The zero-order chi connectivity index (χ0) is 20.1. The number of hydrogen-bond donors (Lipinski definition) is 0. The van der Waals surface area contributed by atoms with Crippen molar-refractivity contribution in [1.29, 1.82) is 0 Å². The van der Waals surface area contributed by atoms with E-state index in [9.17, 15) is 13.2 Å². The summed E-state index contributed by atoms with van der Waals surface area (Å²) < 4.78 is 34.2. The van der Waals surface area contributed by atoms with Gasteiger partial charge in [0.1, 0.15) is 11.5 Å². The van der Waals surface area contributed by atoms with Crippen molar-refractivity contribution in [2.45, 2.75) is 50.5 Å². The van der Waals surface area contributed by atoms with Gasteiger partial charge >= 0.3 is 0 Å². The van der Waals surface area contributed by atoms with Crippen molar-refractivity contribution < 1.29 is 17.7 Å². The Morgan fingerprint density at radius 3 is 2.79 bits per heavy atom. The van der Waals surface area contributed by atoms with Crippen LogP contribution in [0.4, 0.5) is 5.69 Å².